The van der Waals surface area contributed by atoms with Gasteiger partial charge in [0.25, 0.3) is 5.91 Å². The normalized spacial score (nSPS) is 11.0. The zero-order chi connectivity index (χ0) is 12.9. The van der Waals surface area contributed by atoms with E-state index in [9.17, 15) is 9.59 Å². The van der Waals surface area contributed by atoms with Crippen molar-refractivity contribution < 1.29 is 14.0 Å². The average Bonchev–Trinajstić information content (AvgIpc) is 2.66. The fourth-order valence-electron chi connectivity index (χ4n) is 1.27. The molecule has 0 aromatic carbocycles. The van der Waals surface area contributed by atoms with Gasteiger partial charge in [0.15, 0.2) is 0 Å². The molecule has 0 unspecified atom stereocenters. The number of furan rings is 1. The fraction of sp³-hybridized carbons (Fsp3) is 0.500. The topological polar surface area (TPSA) is 71.3 Å². The first kappa shape index (κ1) is 13.3. The van der Waals surface area contributed by atoms with Crippen LogP contribution in [0.5, 0.6) is 0 Å². The largest absolute Gasteiger partial charge is 0.472 e. The average molecular weight is 238 g/mol. The summed E-state index contributed by atoms with van der Waals surface area (Å²) in [5, 5.41) is 5.46. The molecular weight excluding hydrogens is 220 g/mol. The Balaban J connectivity index is 2.24. The van der Waals surface area contributed by atoms with E-state index in [0.29, 0.717) is 12.1 Å². The lowest BCUT2D eigenvalue weighted by Gasteiger charge is -2.20. The van der Waals surface area contributed by atoms with Gasteiger partial charge < -0.3 is 15.1 Å². The predicted molar refractivity (Wildman–Crippen MR) is 63.6 cm³/mol. The standard InChI is InChI=1S/C12H18N2O3/c1-12(2,3)14-10(15)4-6-13-11(16)9-5-7-17-8-9/h5,7-8H,4,6H2,1-3H3,(H,13,16)(H,14,15). The van der Waals surface area contributed by atoms with E-state index in [4.69, 9.17) is 4.42 Å². The van der Waals surface area contributed by atoms with Crippen LogP contribution < -0.4 is 10.6 Å². The van der Waals surface area contributed by atoms with Crippen molar-refractivity contribution in [2.75, 3.05) is 6.54 Å². The van der Waals surface area contributed by atoms with Crippen LogP contribution in [0.25, 0.3) is 0 Å². The van der Waals surface area contributed by atoms with Gasteiger partial charge in [-0.25, -0.2) is 0 Å². The second-order valence-electron chi connectivity index (χ2n) is 4.82. The molecule has 0 atom stereocenters. The summed E-state index contributed by atoms with van der Waals surface area (Å²) in [5.41, 5.74) is 0.215. The van der Waals surface area contributed by atoms with Gasteiger partial charge in [0.1, 0.15) is 6.26 Å². The van der Waals surface area contributed by atoms with E-state index in [-0.39, 0.29) is 23.8 Å². The van der Waals surface area contributed by atoms with E-state index >= 15 is 0 Å². The zero-order valence-electron chi connectivity index (χ0n) is 10.4. The van der Waals surface area contributed by atoms with Gasteiger partial charge in [-0.05, 0) is 26.8 Å². The molecule has 0 fully saturated rings. The Bertz CT molecular complexity index is 377. The van der Waals surface area contributed by atoms with E-state index < -0.39 is 0 Å². The smallest absolute Gasteiger partial charge is 0.254 e. The molecular formula is C12H18N2O3. The molecule has 5 nitrogen and oxygen atoms in total. The van der Waals surface area contributed by atoms with Gasteiger partial charge in [-0.1, -0.05) is 0 Å². The third-order valence-corrected chi connectivity index (χ3v) is 1.94. The summed E-state index contributed by atoms with van der Waals surface area (Å²) in [7, 11) is 0. The van der Waals surface area contributed by atoms with E-state index in [1.165, 1.54) is 12.5 Å². The van der Waals surface area contributed by atoms with Crippen molar-refractivity contribution in [1.29, 1.82) is 0 Å². The number of rotatable bonds is 4. The number of hydrogen-bond donors (Lipinski definition) is 2. The summed E-state index contributed by atoms with van der Waals surface area (Å²) < 4.78 is 4.79. The Labute approximate surface area is 101 Å². The molecule has 0 saturated heterocycles. The molecule has 0 bridgehead atoms. The number of carbonyl (C=O) groups is 2. The minimum absolute atomic E-state index is 0.0787. The first-order chi connectivity index (χ1) is 7.88. The van der Waals surface area contributed by atoms with Crippen LogP contribution in [-0.4, -0.2) is 23.9 Å². The molecule has 0 radical (unpaired) electrons. The van der Waals surface area contributed by atoms with Crippen molar-refractivity contribution in [3.63, 3.8) is 0 Å². The van der Waals surface area contributed by atoms with Crippen LogP contribution in [0.4, 0.5) is 0 Å². The van der Waals surface area contributed by atoms with Gasteiger partial charge in [-0.2, -0.15) is 0 Å². The van der Waals surface area contributed by atoms with Crippen molar-refractivity contribution in [3.05, 3.63) is 24.2 Å². The van der Waals surface area contributed by atoms with Crippen LogP contribution in [-0.2, 0) is 4.79 Å². The summed E-state index contributed by atoms with van der Waals surface area (Å²) in [6, 6.07) is 1.57. The predicted octanol–water partition coefficient (Wildman–Crippen LogP) is 1.31. The fourth-order valence-corrected chi connectivity index (χ4v) is 1.27. The molecule has 1 aromatic rings. The van der Waals surface area contributed by atoms with E-state index in [1.54, 1.807) is 6.07 Å². The summed E-state index contributed by atoms with van der Waals surface area (Å²) in [6.45, 7) is 6.05. The first-order valence-electron chi connectivity index (χ1n) is 5.50. The summed E-state index contributed by atoms with van der Waals surface area (Å²) in [6.07, 6.45) is 3.06. The Morgan fingerprint density at radius 2 is 2.06 bits per heavy atom. The molecule has 0 saturated carbocycles. The minimum atomic E-state index is -0.244. The van der Waals surface area contributed by atoms with Crippen LogP contribution in [0.2, 0.25) is 0 Å². The van der Waals surface area contributed by atoms with Crippen LogP contribution in [0.3, 0.4) is 0 Å². The molecule has 2 N–H and O–H groups in total. The number of nitrogens with one attached hydrogen (secondary N) is 2. The summed E-state index contributed by atoms with van der Waals surface area (Å²) >= 11 is 0. The van der Waals surface area contributed by atoms with E-state index in [2.05, 4.69) is 10.6 Å². The highest BCUT2D eigenvalue weighted by Crippen LogP contribution is 2.00. The number of hydrogen-bond acceptors (Lipinski definition) is 3. The second kappa shape index (κ2) is 5.52. The van der Waals surface area contributed by atoms with Gasteiger partial charge in [0.05, 0.1) is 11.8 Å². The second-order valence-corrected chi connectivity index (χ2v) is 4.82. The van der Waals surface area contributed by atoms with Crippen molar-refractivity contribution in [3.8, 4) is 0 Å². The molecule has 17 heavy (non-hydrogen) atoms. The highest BCUT2D eigenvalue weighted by Gasteiger charge is 2.13. The van der Waals surface area contributed by atoms with Crippen LogP contribution in [0.1, 0.15) is 37.6 Å². The molecule has 0 aliphatic heterocycles. The third kappa shape index (κ3) is 5.19. The van der Waals surface area contributed by atoms with E-state index in [1.807, 2.05) is 20.8 Å². The zero-order valence-corrected chi connectivity index (χ0v) is 10.4. The highest BCUT2D eigenvalue weighted by molar-refractivity contribution is 5.94. The number of carbonyl (C=O) groups excluding carboxylic acids is 2. The maximum absolute atomic E-state index is 11.5. The lowest BCUT2D eigenvalue weighted by atomic mass is 10.1. The third-order valence-electron chi connectivity index (χ3n) is 1.94. The van der Waals surface area contributed by atoms with E-state index in [0.717, 1.165) is 0 Å². The minimum Gasteiger partial charge on any atom is -0.472 e. The van der Waals surface area contributed by atoms with Crippen LogP contribution >= 0.6 is 0 Å². The number of amides is 2. The Kier molecular flexibility index (Phi) is 4.31. The Morgan fingerprint density at radius 3 is 2.59 bits per heavy atom. The molecule has 1 rings (SSSR count). The van der Waals surface area contributed by atoms with Crippen molar-refractivity contribution >= 4 is 11.8 Å². The first-order valence-corrected chi connectivity index (χ1v) is 5.50. The highest BCUT2D eigenvalue weighted by atomic mass is 16.3. The quantitative estimate of drug-likeness (QED) is 0.830. The van der Waals surface area contributed by atoms with Crippen LogP contribution in [0.15, 0.2) is 23.0 Å². The van der Waals surface area contributed by atoms with Gasteiger partial charge >= 0.3 is 0 Å². The summed E-state index contributed by atoms with van der Waals surface area (Å²) in [5.74, 6) is -0.313. The lowest BCUT2D eigenvalue weighted by molar-refractivity contribution is -0.122. The molecule has 1 aromatic heterocycles. The van der Waals surface area contributed by atoms with Crippen molar-refractivity contribution in [1.82, 2.24) is 10.6 Å². The molecule has 0 aliphatic carbocycles. The molecule has 0 spiro atoms. The Morgan fingerprint density at radius 1 is 1.35 bits per heavy atom. The monoisotopic (exact) mass is 238 g/mol. The summed E-state index contributed by atoms with van der Waals surface area (Å²) in [4.78, 5) is 22.9. The van der Waals surface area contributed by atoms with Crippen molar-refractivity contribution in [2.45, 2.75) is 32.7 Å². The van der Waals surface area contributed by atoms with Crippen molar-refractivity contribution in [2.24, 2.45) is 0 Å². The van der Waals surface area contributed by atoms with Gasteiger partial charge in [-0.3, -0.25) is 9.59 Å². The maximum Gasteiger partial charge on any atom is 0.254 e. The molecule has 5 heteroatoms. The SMILES string of the molecule is CC(C)(C)NC(=O)CCNC(=O)c1ccoc1. The molecule has 2 amide bonds. The van der Waals surface area contributed by atoms with Gasteiger partial charge in [0, 0.05) is 18.5 Å². The molecule has 1 heterocycles. The Hall–Kier alpha value is -1.78. The lowest BCUT2D eigenvalue weighted by Crippen LogP contribution is -2.41. The van der Waals surface area contributed by atoms with Crippen LogP contribution in [0, 0.1) is 0 Å². The maximum atomic E-state index is 11.5. The van der Waals surface area contributed by atoms with Gasteiger partial charge in [0.2, 0.25) is 5.91 Å². The molecule has 0 aliphatic rings. The molecule has 94 valence electrons. The van der Waals surface area contributed by atoms with Gasteiger partial charge in [-0.15, -0.1) is 0 Å².